The Hall–Kier alpha value is -1.75. The number of nitrogens with two attached hydrogens (primary N) is 1. The van der Waals surface area contributed by atoms with Gasteiger partial charge in [-0.2, -0.15) is 0 Å². The second-order valence-corrected chi connectivity index (χ2v) is 3.32. The predicted molar refractivity (Wildman–Crippen MR) is 52.6 cm³/mol. The molecule has 0 aliphatic rings. The lowest BCUT2D eigenvalue weighted by Crippen LogP contribution is -1.98. The van der Waals surface area contributed by atoms with Gasteiger partial charge < -0.3 is 15.3 Å². The number of rotatable bonds is 1. The van der Waals surface area contributed by atoms with E-state index in [1.807, 2.05) is 0 Å². The van der Waals surface area contributed by atoms with Crippen LogP contribution in [0.25, 0.3) is 11.0 Å². The number of hydrogen-bond donors (Lipinski definition) is 2. The first-order valence-corrected chi connectivity index (χ1v) is 4.29. The van der Waals surface area contributed by atoms with Crippen LogP contribution in [-0.4, -0.2) is 11.1 Å². The van der Waals surface area contributed by atoms with Gasteiger partial charge in [0.25, 0.3) is 0 Å². The summed E-state index contributed by atoms with van der Waals surface area (Å²) >= 11 is 5.67. The van der Waals surface area contributed by atoms with Gasteiger partial charge in [-0.25, -0.2) is 9.18 Å². The van der Waals surface area contributed by atoms with E-state index in [0.29, 0.717) is 0 Å². The van der Waals surface area contributed by atoms with Crippen molar-refractivity contribution in [1.82, 2.24) is 0 Å². The summed E-state index contributed by atoms with van der Waals surface area (Å²) < 4.78 is 17.9. The van der Waals surface area contributed by atoms with Crippen LogP contribution in [0.4, 0.5) is 10.1 Å². The molecule has 0 saturated carbocycles. The number of benzene rings is 1. The zero-order valence-corrected chi connectivity index (χ0v) is 8.01. The van der Waals surface area contributed by atoms with Gasteiger partial charge >= 0.3 is 5.97 Å². The second-order valence-electron chi connectivity index (χ2n) is 2.91. The van der Waals surface area contributed by atoms with Crippen LogP contribution in [0.2, 0.25) is 5.02 Å². The van der Waals surface area contributed by atoms with Gasteiger partial charge in [0.15, 0.2) is 5.58 Å². The van der Waals surface area contributed by atoms with E-state index in [0.717, 1.165) is 12.1 Å². The predicted octanol–water partition coefficient (Wildman–Crippen LogP) is 2.51. The minimum absolute atomic E-state index is 0.01000. The fourth-order valence-electron chi connectivity index (χ4n) is 1.30. The Kier molecular flexibility index (Phi) is 2.04. The number of nitrogen functional groups attached to an aromatic ring is 1. The average Bonchev–Trinajstić information content (AvgIpc) is 2.44. The molecule has 0 saturated heterocycles. The van der Waals surface area contributed by atoms with Crippen molar-refractivity contribution in [2.45, 2.75) is 0 Å². The number of fused-ring (bicyclic) bond motifs is 1. The molecule has 0 spiro atoms. The van der Waals surface area contributed by atoms with Crippen molar-refractivity contribution in [3.05, 3.63) is 28.7 Å². The molecule has 4 nitrogen and oxygen atoms in total. The smallest absolute Gasteiger partial charge is 0.374 e. The number of carboxylic acid groups (broad SMARTS) is 1. The van der Waals surface area contributed by atoms with E-state index in [4.69, 9.17) is 26.9 Å². The topological polar surface area (TPSA) is 76.5 Å². The van der Waals surface area contributed by atoms with Crippen LogP contribution >= 0.6 is 11.6 Å². The van der Waals surface area contributed by atoms with Gasteiger partial charge in [-0.05, 0) is 12.1 Å². The van der Waals surface area contributed by atoms with E-state index in [-0.39, 0.29) is 21.7 Å². The molecule has 6 heteroatoms. The van der Waals surface area contributed by atoms with Crippen LogP contribution in [0.5, 0.6) is 0 Å². The Morgan fingerprint density at radius 1 is 1.53 bits per heavy atom. The minimum atomic E-state index is -1.32. The van der Waals surface area contributed by atoms with E-state index in [2.05, 4.69) is 0 Å². The first-order valence-electron chi connectivity index (χ1n) is 3.91. The average molecular weight is 230 g/mol. The quantitative estimate of drug-likeness (QED) is 0.788. The first-order chi connectivity index (χ1) is 7.00. The molecule has 1 heterocycles. The fourth-order valence-corrected chi connectivity index (χ4v) is 1.55. The van der Waals surface area contributed by atoms with Crippen LogP contribution in [0, 0.1) is 5.82 Å². The third-order valence-corrected chi connectivity index (χ3v) is 2.22. The summed E-state index contributed by atoms with van der Waals surface area (Å²) in [5.74, 6) is -2.35. The van der Waals surface area contributed by atoms with E-state index in [1.54, 1.807) is 0 Å². The summed E-state index contributed by atoms with van der Waals surface area (Å²) in [5, 5.41) is 8.87. The molecule has 1 aromatic carbocycles. The largest absolute Gasteiger partial charge is 0.475 e. The van der Waals surface area contributed by atoms with Crippen molar-refractivity contribution in [3.63, 3.8) is 0 Å². The highest BCUT2D eigenvalue weighted by atomic mass is 35.5. The number of carbonyl (C=O) groups is 1. The molecule has 0 unspecified atom stereocenters. The molecule has 0 aliphatic heterocycles. The lowest BCUT2D eigenvalue weighted by molar-refractivity contribution is 0.0666. The van der Waals surface area contributed by atoms with Crippen molar-refractivity contribution in [3.8, 4) is 0 Å². The van der Waals surface area contributed by atoms with E-state index in [9.17, 15) is 9.18 Å². The highest BCUT2D eigenvalue weighted by molar-refractivity contribution is 6.35. The number of aromatic carboxylic acids is 1. The van der Waals surface area contributed by atoms with Gasteiger partial charge in [-0.3, -0.25) is 0 Å². The van der Waals surface area contributed by atoms with Crippen LogP contribution < -0.4 is 5.73 Å². The molecule has 0 aliphatic carbocycles. The summed E-state index contributed by atoms with van der Waals surface area (Å²) in [6, 6.07) is 2.10. The normalized spacial score (nSPS) is 10.8. The minimum Gasteiger partial charge on any atom is -0.475 e. The number of hydrogen-bond acceptors (Lipinski definition) is 3. The van der Waals surface area contributed by atoms with E-state index < -0.39 is 17.5 Å². The second kappa shape index (κ2) is 3.13. The van der Waals surface area contributed by atoms with Crippen molar-refractivity contribution in [2.75, 3.05) is 5.73 Å². The Morgan fingerprint density at radius 2 is 2.20 bits per heavy atom. The molecule has 1 aromatic heterocycles. The zero-order chi connectivity index (χ0) is 11.2. The molecule has 0 fully saturated rings. The number of halogens is 2. The Balaban J connectivity index is 2.88. The summed E-state index contributed by atoms with van der Waals surface area (Å²) in [6.07, 6.45) is 0. The van der Waals surface area contributed by atoms with E-state index in [1.165, 1.54) is 0 Å². The highest BCUT2D eigenvalue weighted by Gasteiger charge is 2.19. The molecule has 15 heavy (non-hydrogen) atoms. The van der Waals surface area contributed by atoms with Gasteiger partial charge in [-0.1, -0.05) is 11.6 Å². The first kappa shape index (κ1) is 9.79. The van der Waals surface area contributed by atoms with Gasteiger partial charge in [0.2, 0.25) is 5.76 Å². The Bertz CT molecular complexity index is 564. The SMILES string of the molecule is Nc1c(C(=O)O)oc2c(Cl)cc(F)cc12. The maximum atomic E-state index is 13.0. The lowest BCUT2D eigenvalue weighted by atomic mass is 10.2. The molecular formula is C9H5ClFNO3. The van der Waals surface area contributed by atoms with Crippen LogP contribution in [0.1, 0.15) is 10.6 Å². The van der Waals surface area contributed by atoms with Gasteiger partial charge in [0.05, 0.1) is 10.7 Å². The molecule has 2 rings (SSSR count). The highest BCUT2D eigenvalue weighted by Crippen LogP contribution is 2.33. The standard InChI is InChI=1S/C9H5ClFNO3/c10-5-2-3(11)1-4-6(12)8(9(13)14)15-7(4)5/h1-2H,12H2,(H,13,14). The molecule has 0 amide bonds. The molecule has 0 bridgehead atoms. The third-order valence-electron chi connectivity index (χ3n) is 1.94. The molecule has 78 valence electrons. The van der Waals surface area contributed by atoms with E-state index >= 15 is 0 Å². The van der Waals surface area contributed by atoms with Crippen LogP contribution in [0.3, 0.4) is 0 Å². The molecule has 0 radical (unpaired) electrons. The van der Waals surface area contributed by atoms with Gasteiger partial charge in [-0.15, -0.1) is 0 Å². The molecule has 2 aromatic rings. The number of furan rings is 1. The zero-order valence-electron chi connectivity index (χ0n) is 7.25. The summed E-state index contributed by atoms with van der Waals surface area (Å²) in [4.78, 5) is 10.7. The Morgan fingerprint density at radius 3 is 2.80 bits per heavy atom. The molecular weight excluding hydrogens is 225 g/mol. The lowest BCUT2D eigenvalue weighted by Gasteiger charge is -1.92. The van der Waals surface area contributed by atoms with Gasteiger partial charge in [0, 0.05) is 5.39 Å². The Labute approximate surface area is 88.0 Å². The maximum Gasteiger partial charge on any atom is 0.374 e. The van der Waals surface area contributed by atoms with Crippen molar-refractivity contribution < 1.29 is 18.7 Å². The van der Waals surface area contributed by atoms with Crippen LogP contribution in [0.15, 0.2) is 16.5 Å². The monoisotopic (exact) mass is 229 g/mol. The molecule has 3 N–H and O–H groups in total. The number of anilines is 1. The van der Waals surface area contributed by atoms with Crippen molar-refractivity contribution in [2.24, 2.45) is 0 Å². The summed E-state index contributed by atoms with van der Waals surface area (Å²) in [7, 11) is 0. The van der Waals surface area contributed by atoms with Crippen molar-refractivity contribution in [1.29, 1.82) is 0 Å². The summed E-state index contributed by atoms with van der Waals surface area (Å²) in [5.41, 5.74) is 5.43. The molecule has 0 atom stereocenters. The van der Waals surface area contributed by atoms with Crippen LogP contribution in [-0.2, 0) is 0 Å². The summed E-state index contributed by atoms with van der Waals surface area (Å²) in [6.45, 7) is 0. The number of carboxylic acids is 1. The third kappa shape index (κ3) is 1.41. The maximum absolute atomic E-state index is 13.0. The fraction of sp³-hybridized carbons (Fsp3) is 0. The van der Waals surface area contributed by atoms with Gasteiger partial charge in [0.1, 0.15) is 5.82 Å². The van der Waals surface area contributed by atoms with Crippen molar-refractivity contribution >= 4 is 34.2 Å².